The van der Waals surface area contributed by atoms with Crippen molar-refractivity contribution in [2.75, 3.05) is 6.61 Å². The summed E-state index contributed by atoms with van der Waals surface area (Å²) in [6, 6.07) is 0. The number of carboxylic acid groups (broad SMARTS) is 1. The van der Waals surface area contributed by atoms with Gasteiger partial charge in [-0.25, -0.2) is 4.79 Å². The molecule has 2 unspecified atom stereocenters. The molecule has 0 amide bonds. The molecule has 0 aliphatic heterocycles. The summed E-state index contributed by atoms with van der Waals surface area (Å²) in [5, 5.41) is 32.7. The van der Waals surface area contributed by atoms with Crippen LogP contribution < -0.4 is 0 Å². The number of hydrogen-bond donors (Lipinski definition) is 4. The van der Waals surface area contributed by atoms with Gasteiger partial charge in [0.1, 0.15) is 6.10 Å². The van der Waals surface area contributed by atoms with Gasteiger partial charge in [0.25, 0.3) is 0 Å². The first-order valence-corrected chi connectivity index (χ1v) is 4.15. The molecule has 0 rings (SSSR count). The zero-order valence-corrected chi connectivity index (χ0v) is 7.97. The Morgan fingerprint density at radius 3 is 1.85 bits per heavy atom. The molecule has 0 fully saturated rings. The minimum absolute atomic E-state index is 0.0923. The Morgan fingerprint density at radius 1 is 1.38 bits per heavy atom. The molecule has 0 bridgehead atoms. The Bertz CT molecular complexity index is 124. The van der Waals surface area contributed by atoms with E-state index in [-0.39, 0.29) is 12.7 Å². The quantitative estimate of drug-likeness (QED) is 0.488. The number of aliphatic hydroxyl groups is 3. The Kier molecular flexibility index (Phi) is 10.8. The average molecular weight is 194 g/mol. The second-order valence-electron chi connectivity index (χ2n) is 2.59. The van der Waals surface area contributed by atoms with Gasteiger partial charge in [0.15, 0.2) is 0 Å². The van der Waals surface area contributed by atoms with Crippen LogP contribution in [-0.4, -0.2) is 45.2 Å². The number of hydrogen-bond acceptors (Lipinski definition) is 4. The van der Waals surface area contributed by atoms with Crippen LogP contribution in [0.1, 0.15) is 26.7 Å². The number of carboxylic acids is 1. The summed E-state index contributed by atoms with van der Waals surface area (Å²) in [6.45, 7) is 3.18. The zero-order valence-electron chi connectivity index (χ0n) is 7.97. The third kappa shape index (κ3) is 14.2. The van der Waals surface area contributed by atoms with Crippen LogP contribution in [0.2, 0.25) is 0 Å². The van der Waals surface area contributed by atoms with Gasteiger partial charge in [-0.05, 0) is 19.8 Å². The van der Waals surface area contributed by atoms with Crippen molar-refractivity contribution in [1.82, 2.24) is 0 Å². The molecule has 5 heteroatoms. The Morgan fingerprint density at radius 2 is 1.77 bits per heavy atom. The molecule has 0 heterocycles. The van der Waals surface area contributed by atoms with E-state index in [9.17, 15) is 4.79 Å². The Hall–Kier alpha value is -0.650. The number of carbonyl (C=O) groups is 1. The lowest BCUT2D eigenvalue weighted by Crippen LogP contribution is -2.13. The highest BCUT2D eigenvalue weighted by molar-refractivity contribution is 5.71. The highest BCUT2D eigenvalue weighted by Gasteiger charge is 2.01. The van der Waals surface area contributed by atoms with E-state index in [0.29, 0.717) is 6.42 Å². The van der Waals surface area contributed by atoms with Gasteiger partial charge in [0, 0.05) is 6.61 Å². The largest absolute Gasteiger partial charge is 0.479 e. The van der Waals surface area contributed by atoms with Crippen LogP contribution in [0.25, 0.3) is 0 Å². The van der Waals surface area contributed by atoms with Crippen molar-refractivity contribution in [2.24, 2.45) is 0 Å². The van der Waals surface area contributed by atoms with Crippen molar-refractivity contribution in [3.63, 3.8) is 0 Å². The summed E-state index contributed by atoms with van der Waals surface area (Å²) < 4.78 is 0. The van der Waals surface area contributed by atoms with Crippen molar-refractivity contribution in [3.05, 3.63) is 0 Å². The fourth-order valence-electron chi connectivity index (χ4n) is 0.353. The van der Waals surface area contributed by atoms with Gasteiger partial charge in [0.05, 0.1) is 6.10 Å². The lowest BCUT2D eigenvalue weighted by molar-refractivity contribution is -0.145. The number of aliphatic carboxylic acids is 1. The van der Waals surface area contributed by atoms with E-state index in [1.165, 1.54) is 6.92 Å². The second-order valence-corrected chi connectivity index (χ2v) is 2.59. The molecule has 5 nitrogen and oxygen atoms in total. The van der Waals surface area contributed by atoms with Crippen LogP contribution in [0, 0.1) is 0 Å². The minimum Gasteiger partial charge on any atom is -0.479 e. The highest BCUT2D eigenvalue weighted by atomic mass is 16.4. The predicted octanol–water partition coefficient (Wildman–Crippen LogP) is -0.409. The Labute approximate surface area is 77.6 Å². The number of rotatable bonds is 4. The summed E-state index contributed by atoms with van der Waals surface area (Å²) in [4.78, 5) is 9.45. The summed E-state index contributed by atoms with van der Waals surface area (Å²) in [5.41, 5.74) is 0. The molecule has 0 saturated carbocycles. The van der Waals surface area contributed by atoms with E-state index in [0.717, 1.165) is 6.42 Å². The van der Waals surface area contributed by atoms with Gasteiger partial charge in [0.2, 0.25) is 0 Å². The van der Waals surface area contributed by atoms with E-state index in [1.54, 1.807) is 0 Å². The molecule has 0 aromatic rings. The molecule has 0 radical (unpaired) electrons. The molecule has 13 heavy (non-hydrogen) atoms. The van der Waals surface area contributed by atoms with Crippen LogP contribution in [0.15, 0.2) is 0 Å². The lowest BCUT2D eigenvalue weighted by atomic mass is 10.2. The highest BCUT2D eigenvalue weighted by Crippen LogP contribution is 1.92. The molecular formula is C8H18O5. The standard InChI is InChI=1S/C5H12O2.C3H6O3/c1-2-5(7)3-4-6;1-2(4)3(5)6/h5-7H,2-4H2,1H3;2,4H,1H3,(H,5,6). The van der Waals surface area contributed by atoms with Crippen molar-refractivity contribution < 1.29 is 25.2 Å². The maximum atomic E-state index is 9.45. The van der Waals surface area contributed by atoms with E-state index < -0.39 is 12.1 Å². The van der Waals surface area contributed by atoms with Gasteiger partial charge in [-0.15, -0.1) is 0 Å². The van der Waals surface area contributed by atoms with Gasteiger partial charge >= 0.3 is 5.97 Å². The summed E-state index contributed by atoms with van der Waals surface area (Å²) in [6.07, 6.45) is -0.285. The molecule has 0 aliphatic carbocycles. The number of aliphatic hydroxyl groups excluding tert-OH is 3. The third-order valence-electron chi connectivity index (χ3n) is 1.29. The summed E-state index contributed by atoms with van der Waals surface area (Å²) >= 11 is 0. The fourth-order valence-corrected chi connectivity index (χ4v) is 0.353. The molecule has 4 N–H and O–H groups in total. The van der Waals surface area contributed by atoms with Crippen molar-refractivity contribution >= 4 is 5.97 Å². The van der Waals surface area contributed by atoms with Crippen LogP contribution >= 0.6 is 0 Å². The maximum absolute atomic E-state index is 9.45. The van der Waals surface area contributed by atoms with E-state index in [2.05, 4.69) is 0 Å². The Balaban J connectivity index is 0. The normalized spacial score (nSPS) is 13.9. The topological polar surface area (TPSA) is 98.0 Å². The second kappa shape index (κ2) is 9.44. The zero-order chi connectivity index (χ0) is 10.9. The minimum atomic E-state index is -1.23. The van der Waals surface area contributed by atoms with E-state index >= 15 is 0 Å². The molecule has 0 aromatic carbocycles. The lowest BCUT2D eigenvalue weighted by Gasteiger charge is -2.01. The van der Waals surface area contributed by atoms with Gasteiger partial charge in [-0.1, -0.05) is 6.92 Å². The van der Waals surface area contributed by atoms with Crippen LogP contribution in [0.5, 0.6) is 0 Å². The van der Waals surface area contributed by atoms with Crippen molar-refractivity contribution in [3.8, 4) is 0 Å². The first-order valence-electron chi connectivity index (χ1n) is 4.15. The molecule has 0 saturated heterocycles. The van der Waals surface area contributed by atoms with Gasteiger partial charge < -0.3 is 20.4 Å². The fraction of sp³-hybridized carbons (Fsp3) is 0.875. The predicted molar refractivity (Wildman–Crippen MR) is 47.3 cm³/mol. The maximum Gasteiger partial charge on any atom is 0.332 e. The molecule has 80 valence electrons. The SMILES string of the molecule is CC(O)C(=O)O.CCC(O)CCO. The first kappa shape index (κ1) is 14.9. The monoisotopic (exact) mass is 194 g/mol. The van der Waals surface area contributed by atoms with E-state index in [1.807, 2.05) is 6.92 Å². The first-order chi connectivity index (χ1) is 5.95. The van der Waals surface area contributed by atoms with Crippen molar-refractivity contribution in [1.29, 1.82) is 0 Å². The average Bonchev–Trinajstić information content (AvgIpc) is 2.05. The van der Waals surface area contributed by atoms with Gasteiger partial charge in [-0.3, -0.25) is 0 Å². The molecule has 0 aliphatic rings. The molecule has 0 spiro atoms. The summed E-state index contributed by atoms with van der Waals surface area (Å²) in [5.74, 6) is -1.19. The van der Waals surface area contributed by atoms with Gasteiger partial charge in [-0.2, -0.15) is 0 Å². The third-order valence-corrected chi connectivity index (χ3v) is 1.29. The van der Waals surface area contributed by atoms with Crippen molar-refractivity contribution in [2.45, 2.75) is 38.9 Å². The molecule has 2 atom stereocenters. The molecular weight excluding hydrogens is 176 g/mol. The van der Waals surface area contributed by atoms with Crippen LogP contribution in [0.4, 0.5) is 0 Å². The van der Waals surface area contributed by atoms with Crippen LogP contribution in [-0.2, 0) is 4.79 Å². The van der Waals surface area contributed by atoms with E-state index in [4.69, 9.17) is 20.4 Å². The molecule has 0 aromatic heterocycles. The smallest absolute Gasteiger partial charge is 0.332 e. The van der Waals surface area contributed by atoms with Crippen LogP contribution in [0.3, 0.4) is 0 Å². The summed E-state index contributed by atoms with van der Waals surface area (Å²) in [7, 11) is 0.